The predicted molar refractivity (Wildman–Crippen MR) is 91.6 cm³/mol. The molecular formula is C20H19F2NO3. The van der Waals surface area contributed by atoms with E-state index in [0.717, 1.165) is 0 Å². The van der Waals surface area contributed by atoms with Crippen LogP contribution in [-0.2, 0) is 16.0 Å². The maximum absolute atomic E-state index is 13.8. The molecule has 2 aromatic carbocycles. The Hall–Kier alpha value is -2.76. The molecule has 1 amide bonds. The van der Waals surface area contributed by atoms with Crippen LogP contribution in [0.4, 0.5) is 8.78 Å². The van der Waals surface area contributed by atoms with E-state index in [9.17, 15) is 23.5 Å². The molecule has 2 aromatic rings. The van der Waals surface area contributed by atoms with E-state index in [2.05, 4.69) is 5.32 Å². The zero-order chi connectivity index (χ0) is 18.7. The van der Waals surface area contributed by atoms with Gasteiger partial charge in [-0.15, -0.1) is 0 Å². The molecule has 2 N–H and O–H groups in total. The number of halogens is 2. The molecule has 1 saturated carbocycles. The lowest BCUT2D eigenvalue weighted by Crippen LogP contribution is -2.37. The smallest absolute Gasteiger partial charge is 0.312 e. The van der Waals surface area contributed by atoms with Gasteiger partial charge in [-0.3, -0.25) is 9.59 Å². The molecule has 1 fully saturated rings. The molecule has 26 heavy (non-hydrogen) atoms. The van der Waals surface area contributed by atoms with Gasteiger partial charge >= 0.3 is 5.97 Å². The molecule has 0 saturated heterocycles. The molecule has 3 rings (SSSR count). The van der Waals surface area contributed by atoms with Gasteiger partial charge < -0.3 is 10.4 Å². The summed E-state index contributed by atoms with van der Waals surface area (Å²) in [5, 5.41) is 12.1. The summed E-state index contributed by atoms with van der Waals surface area (Å²) in [5.74, 6) is -3.14. The second-order valence-electron chi connectivity index (χ2n) is 6.70. The number of hydrogen-bond donors (Lipinski definition) is 2. The number of benzene rings is 2. The van der Waals surface area contributed by atoms with Crippen molar-refractivity contribution >= 4 is 11.9 Å². The highest BCUT2D eigenvalue weighted by Crippen LogP contribution is 2.49. The van der Waals surface area contributed by atoms with Crippen LogP contribution >= 0.6 is 0 Å². The quantitative estimate of drug-likeness (QED) is 0.797. The third-order valence-electron chi connectivity index (χ3n) is 4.86. The molecule has 0 spiro atoms. The van der Waals surface area contributed by atoms with E-state index in [4.69, 9.17) is 0 Å². The number of nitrogens with one attached hydrogen (secondary N) is 1. The summed E-state index contributed by atoms with van der Waals surface area (Å²) in [4.78, 5) is 24.1. The Morgan fingerprint density at radius 2 is 1.73 bits per heavy atom. The minimum atomic E-state index is -1.10. The normalized spacial score (nSPS) is 15.9. The van der Waals surface area contributed by atoms with Gasteiger partial charge in [0.1, 0.15) is 11.6 Å². The van der Waals surface area contributed by atoms with Crippen LogP contribution in [0.1, 0.15) is 29.9 Å². The highest BCUT2D eigenvalue weighted by molar-refractivity contribution is 5.86. The maximum Gasteiger partial charge on any atom is 0.312 e. The van der Waals surface area contributed by atoms with E-state index >= 15 is 0 Å². The third kappa shape index (κ3) is 3.90. The Bertz CT molecular complexity index is 816. The summed E-state index contributed by atoms with van der Waals surface area (Å²) in [7, 11) is 0. The number of carboxylic acids is 1. The third-order valence-corrected chi connectivity index (χ3v) is 4.86. The van der Waals surface area contributed by atoms with Gasteiger partial charge in [0.15, 0.2) is 0 Å². The van der Waals surface area contributed by atoms with Crippen molar-refractivity contribution in [3.8, 4) is 0 Å². The van der Waals surface area contributed by atoms with Crippen molar-refractivity contribution in [2.75, 3.05) is 6.54 Å². The second-order valence-corrected chi connectivity index (χ2v) is 6.70. The lowest BCUT2D eigenvalue weighted by molar-refractivity contribution is -0.138. The van der Waals surface area contributed by atoms with Crippen LogP contribution in [0.25, 0.3) is 0 Å². The van der Waals surface area contributed by atoms with Crippen molar-refractivity contribution in [3.63, 3.8) is 0 Å². The number of carbonyl (C=O) groups is 2. The number of amides is 1. The molecule has 0 bridgehead atoms. The zero-order valence-electron chi connectivity index (χ0n) is 14.0. The molecular weight excluding hydrogens is 340 g/mol. The summed E-state index contributed by atoms with van der Waals surface area (Å²) < 4.78 is 26.9. The Morgan fingerprint density at radius 1 is 1.08 bits per heavy atom. The predicted octanol–water partition coefficient (Wildman–Crippen LogP) is 3.27. The van der Waals surface area contributed by atoms with Crippen molar-refractivity contribution < 1.29 is 23.5 Å². The summed E-state index contributed by atoms with van der Waals surface area (Å²) in [6, 6.07) is 11.5. The van der Waals surface area contributed by atoms with Gasteiger partial charge in [-0.25, -0.2) is 8.78 Å². The van der Waals surface area contributed by atoms with Crippen molar-refractivity contribution in [3.05, 3.63) is 71.3 Å². The molecule has 1 aliphatic rings. The molecule has 0 heterocycles. The van der Waals surface area contributed by atoms with E-state index in [0.29, 0.717) is 30.4 Å². The average Bonchev–Trinajstić information content (AvgIpc) is 3.39. The van der Waals surface area contributed by atoms with Gasteiger partial charge in [-0.2, -0.15) is 0 Å². The SMILES string of the molecule is O=C(O)C(CNC(=O)C1(Cc2ccccc2F)CC1)c1ccc(F)cc1. The number of rotatable bonds is 7. The molecule has 0 aromatic heterocycles. The van der Waals surface area contributed by atoms with Gasteiger partial charge in [0, 0.05) is 6.54 Å². The first-order valence-corrected chi connectivity index (χ1v) is 8.41. The van der Waals surface area contributed by atoms with E-state index in [1.54, 1.807) is 18.2 Å². The summed E-state index contributed by atoms with van der Waals surface area (Å²) in [6.45, 7) is -0.0984. The number of aliphatic carboxylic acids is 1. The number of carbonyl (C=O) groups excluding carboxylic acids is 1. The topological polar surface area (TPSA) is 66.4 Å². The van der Waals surface area contributed by atoms with Gasteiger partial charge in [0.2, 0.25) is 5.91 Å². The summed E-state index contributed by atoms with van der Waals surface area (Å²) in [6.07, 6.45) is 1.57. The first-order valence-electron chi connectivity index (χ1n) is 8.41. The highest BCUT2D eigenvalue weighted by Gasteiger charge is 2.50. The Kier molecular flexibility index (Phi) is 5.02. The molecule has 0 radical (unpaired) electrons. The van der Waals surface area contributed by atoms with Gasteiger partial charge in [-0.05, 0) is 48.6 Å². The van der Waals surface area contributed by atoms with Gasteiger partial charge in [0.05, 0.1) is 11.3 Å². The van der Waals surface area contributed by atoms with Crippen LogP contribution in [-0.4, -0.2) is 23.5 Å². The van der Waals surface area contributed by atoms with Crippen molar-refractivity contribution in [1.82, 2.24) is 5.32 Å². The lowest BCUT2D eigenvalue weighted by atomic mass is 9.94. The van der Waals surface area contributed by atoms with Crippen molar-refractivity contribution in [2.24, 2.45) is 5.41 Å². The fraction of sp³-hybridized carbons (Fsp3) is 0.300. The number of carboxylic acid groups (broad SMARTS) is 1. The fourth-order valence-electron chi connectivity index (χ4n) is 3.07. The zero-order valence-corrected chi connectivity index (χ0v) is 14.0. The Morgan fingerprint density at radius 3 is 2.31 bits per heavy atom. The Labute approximate surface area is 149 Å². The van der Waals surface area contributed by atoms with Crippen LogP contribution in [0.2, 0.25) is 0 Å². The van der Waals surface area contributed by atoms with E-state index < -0.39 is 23.1 Å². The first-order chi connectivity index (χ1) is 12.4. The monoisotopic (exact) mass is 359 g/mol. The largest absolute Gasteiger partial charge is 0.481 e. The maximum atomic E-state index is 13.8. The molecule has 1 atom stereocenters. The summed E-state index contributed by atoms with van der Waals surface area (Å²) in [5.41, 5.74) is 0.222. The van der Waals surface area contributed by atoms with Crippen LogP contribution in [0, 0.1) is 17.0 Å². The van der Waals surface area contributed by atoms with Gasteiger partial charge in [0.25, 0.3) is 0 Å². The van der Waals surface area contributed by atoms with Crippen molar-refractivity contribution in [1.29, 1.82) is 0 Å². The summed E-state index contributed by atoms with van der Waals surface area (Å²) >= 11 is 0. The van der Waals surface area contributed by atoms with Crippen LogP contribution in [0.15, 0.2) is 48.5 Å². The molecule has 0 aliphatic heterocycles. The molecule has 1 aliphatic carbocycles. The fourth-order valence-corrected chi connectivity index (χ4v) is 3.07. The average molecular weight is 359 g/mol. The standard InChI is InChI=1S/C20H19F2NO3/c21-15-7-5-13(6-8-15)16(18(24)25)12-23-19(26)20(9-10-20)11-14-3-1-2-4-17(14)22/h1-8,16H,9-12H2,(H,23,26)(H,24,25). The van der Waals surface area contributed by atoms with Gasteiger partial charge in [-0.1, -0.05) is 30.3 Å². The molecule has 6 heteroatoms. The van der Waals surface area contributed by atoms with Crippen molar-refractivity contribution in [2.45, 2.75) is 25.2 Å². The second kappa shape index (κ2) is 7.23. The highest BCUT2D eigenvalue weighted by atomic mass is 19.1. The minimum absolute atomic E-state index is 0.0984. The molecule has 4 nitrogen and oxygen atoms in total. The molecule has 136 valence electrons. The van der Waals surface area contributed by atoms with Crippen LogP contribution in [0.5, 0.6) is 0 Å². The molecule has 1 unspecified atom stereocenters. The lowest BCUT2D eigenvalue weighted by Gasteiger charge is -2.19. The van der Waals surface area contributed by atoms with E-state index in [1.807, 2.05) is 0 Å². The van der Waals surface area contributed by atoms with E-state index in [1.165, 1.54) is 30.3 Å². The minimum Gasteiger partial charge on any atom is -0.481 e. The first kappa shape index (κ1) is 18.0. The Balaban J connectivity index is 1.66. The van der Waals surface area contributed by atoms with E-state index in [-0.39, 0.29) is 18.3 Å². The van der Waals surface area contributed by atoms with Crippen LogP contribution < -0.4 is 5.32 Å². The number of hydrogen-bond acceptors (Lipinski definition) is 2. The van der Waals surface area contributed by atoms with Crippen LogP contribution in [0.3, 0.4) is 0 Å².